The van der Waals surface area contributed by atoms with Crippen LogP contribution >= 0.6 is 0 Å². The second-order valence-electron chi connectivity index (χ2n) is 9.41. The highest BCUT2D eigenvalue weighted by atomic mass is 19.1. The molecule has 2 saturated heterocycles. The van der Waals surface area contributed by atoms with Crippen molar-refractivity contribution in [2.75, 3.05) is 31.6 Å². The van der Waals surface area contributed by atoms with E-state index in [0.717, 1.165) is 45.2 Å². The molecule has 32 heavy (non-hydrogen) atoms. The van der Waals surface area contributed by atoms with Gasteiger partial charge in [0, 0.05) is 31.7 Å². The Kier molecular flexibility index (Phi) is 7.79. The molecule has 1 atom stereocenters. The maximum atomic E-state index is 14.9. The number of carbonyl (C=O) groups is 2. The number of nitrogens with zero attached hydrogens (tertiary/aromatic N) is 3. The molecule has 8 nitrogen and oxygen atoms in total. The summed E-state index contributed by atoms with van der Waals surface area (Å²) in [4.78, 5) is 33.1. The number of carbonyl (C=O) groups excluding carboxylic acids is 2. The molecule has 3 heterocycles. The third-order valence-corrected chi connectivity index (χ3v) is 5.73. The smallest absolute Gasteiger partial charge is 0.410 e. The van der Waals surface area contributed by atoms with Crippen LogP contribution in [0.5, 0.6) is 5.88 Å². The minimum Gasteiger partial charge on any atom is -0.481 e. The predicted molar refractivity (Wildman–Crippen MR) is 119 cm³/mol. The Bertz CT molecular complexity index is 819. The van der Waals surface area contributed by atoms with E-state index in [1.54, 1.807) is 20.8 Å². The van der Waals surface area contributed by atoms with E-state index >= 15 is 0 Å². The molecule has 2 aliphatic rings. The number of nitrogens with one attached hydrogen (secondary N) is 1. The van der Waals surface area contributed by atoms with Crippen LogP contribution in [0.4, 0.5) is 15.0 Å². The van der Waals surface area contributed by atoms with Crippen molar-refractivity contribution in [3.63, 3.8) is 0 Å². The molecule has 0 bridgehead atoms. The van der Waals surface area contributed by atoms with Crippen LogP contribution in [-0.2, 0) is 16.1 Å². The molecule has 0 aromatic carbocycles. The summed E-state index contributed by atoms with van der Waals surface area (Å²) in [5, 5.41) is 2.81. The lowest BCUT2D eigenvalue weighted by atomic mass is 10.2. The number of halogens is 1. The summed E-state index contributed by atoms with van der Waals surface area (Å²) in [6, 6.07) is 0.775. The number of anilines is 1. The monoisotopic (exact) mass is 450 g/mol. The lowest BCUT2D eigenvalue weighted by molar-refractivity contribution is -0.125. The molecule has 2 fully saturated rings. The summed E-state index contributed by atoms with van der Waals surface area (Å²) in [5.74, 6) is -0.132. The van der Waals surface area contributed by atoms with Gasteiger partial charge in [0.25, 0.3) is 0 Å². The third kappa shape index (κ3) is 6.01. The van der Waals surface area contributed by atoms with Crippen molar-refractivity contribution in [3.05, 3.63) is 17.4 Å². The first-order chi connectivity index (χ1) is 15.2. The van der Waals surface area contributed by atoms with Gasteiger partial charge in [-0.1, -0.05) is 12.8 Å². The average molecular weight is 451 g/mol. The largest absolute Gasteiger partial charge is 0.481 e. The second kappa shape index (κ2) is 10.4. The van der Waals surface area contributed by atoms with E-state index in [-0.39, 0.29) is 12.5 Å². The van der Waals surface area contributed by atoms with Gasteiger partial charge in [0.2, 0.25) is 11.8 Å². The first-order valence-corrected chi connectivity index (χ1v) is 11.5. The first kappa shape index (κ1) is 24.1. The lowest BCUT2D eigenvalue weighted by Crippen LogP contribution is -2.47. The van der Waals surface area contributed by atoms with E-state index in [9.17, 15) is 14.0 Å². The van der Waals surface area contributed by atoms with E-state index < -0.39 is 23.6 Å². The van der Waals surface area contributed by atoms with Gasteiger partial charge >= 0.3 is 6.09 Å². The predicted octanol–water partition coefficient (Wildman–Crippen LogP) is 3.63. The van der Waals surface area contributed by atoms with Gasteiger partial charge in [0.05, 0.1) is 7.11 Å². The van der Waals surface area contributed by atoms with E-state index in [1.165, 1.54) is 18.1 Å². The summed E-state index contributed by atoms with van der Waals surface area (Å²) >= 11 is 0. The number of aromatic nitrogens is 1. The van der Waals surface area contributed by atoms with Crippen LogP contribution in [0.3, 0.4) is 0 Å². The molecule has 1 aromatic rings. The Morgan fingerprint density at radius 3 is 2.47 bits per heavy atom. The molecule has 0 saturated carbocycles. The quantitative estimate of drug-likeness (QED) is 0.738. The van der Waals surface area contributed by atoms with E-state index in [4.69, 9.17) is 9.47 Å². The molecule has 0 aliphatic carbocycles. The number of amides is 2. The number of methoxy groups -OCH3 is 1. The second-order valence-corrected chi connectivity index (χ2v) is 9.41. The van der Waals surface area contributed by atoms with Crippen molar-refractivity contribution >= 4 is 17.8 Å². The average Bonchev–Trinajstić information content (AvgIpc) is 3.07. The molecule has 3 rings (SSSR count). The summed E-state index contributed by atoms with van der Waals surface area (Å²) in [7, 11) is 1.49. The highest BCUT2D eigenvalue weighted by Gasteiger charge is 2.36. The van der Waals surface area contributed by atoms with Crippen molar-refractivity contribution in [3.8, 4) is 5.88 Å². The molecular formula is C23H35FN4O4. The maximum Gasteiger partial charge on any atom is 0.410 e. The minimum absolute atomic E-state index is 0.0604. The maximum absolute atomic E-state index is 14.9. The van der Waals surface area contributed by atoms with Crippen molar-refractivity contribution in [2.24, 2.45) is 0 Å². The highest BCUT2D eigenvalue weighted by Crippen LogP contribution is 2.27. The van der Waals surface area contributed by atoms with Crippen molar-refractivity contribution < 1.29 is 23.5 Å². The van der Waals surface area contributed by atoms with Crippen molar-refractivity contribution in [1.29, 1.82) is 0 Å². The fraction of sp³-hybridized carbons (Fsp3) is 0.696. The molecular weight excluding hydrogens is 415 g/mol. The Labute approximate surface area is 189 Å². The lowest BCUT2D eigenvalue weighted by Gasteiger charge is -2.28. The molecule has 1 N–H and O–H groups in total. The third-order valence-electron chi connectivity index (χ3n) is 5.73. The van der Waals surface area contributed by atoms with Gasteiger partial charge < -0.3 is 19.7 Å². The van der Waals surface area contributed by atoms with Crippen LogP contribution in [0.1, 0.15) is 64.9 Å². The zero-order valence-corrected chi connectivity index (χ0v) is 19.6. The molecule has 178 valence electrons. The molecule has 1 aromatic heterocycles. The van der Waals surface area contributed by atoms with Crippen LogP contribution in [-0.4, -0.2) is 60.3 Å². The number of pyridine rings is 1. The van der Waals surface area contributed by atoms with Gasteiger partial charge in [-0.15, -0.1) is 0 Å². The molecule has 0 spiro atoms. The summed E-state index contributed by atoms with van der Waals surface area (Å²) in [5.41, 5.74) is -0.175. The van der Waals surface area contributed by atoms with Gasteiger partial charge in [-0.2, -0.15) is 4.98 Å². The standard InChI is InChI=1S/C23H35FN4O4/c1-23(2,3)32-22(30)28-13-9-10-18(28)20(29)25-15-16-14-17(24)19(26-21(16)31-4)27-11-7-5-6-8-12-27/h14,18H,5-13,15H2,1-4H3,(H,25,29). The molecule has 2 aliphatic heterocycles. The van der Waals surface area contributed by atoms with Gasteiger partial charge in [-0.05, 0) is 52.5 Å². The zero-order valence-electron chi connectivity index (χ0n) is 19.6. The van der Waals surface area contributed by atoms with E-state index in [0.29, 0.717) is 30.2 Å². The Morgan fingerprint density at radius 2 is 1.84 bits per heavy atom. The van der Waals surface area contributed by atoms with E-state index in [1.807, 2.05) is 4.90 Å². The van der Waals surface area contributed by atoms with Crippen LogP contribution in [0.25, 0.3) is 0 Å². The first-order valence-electron chi connectivity index (χ1n) is 11.5. The fourth-order valence-electron chi connectivity index (χ4n) is 4.19. The number of rotatable bonds is 5. The molecule has 9 heteroatoms. The molecule has 2 amide bonds. The van der Waals surface area contributed by atoms with Gasteiger partial charge in [0.15, 0.2) is 11.6 Å². The Balaban J connectivity index is 1.67. The number of ether oxygens (including phenoxy) is 2. The SMILES string of the molecule is COc1nc(N2CCCCCC2)c(F)cc1CNC(=O)C1CCCN1C(=O)OC(C)(C)C. The zero-order chi connectivity index (χ0) is 23.3. The van der Waals surface area contributed by atoms with Gasteiger partial charge in [-0.25, -0.2) is 9.18 Å². The van der Waals surface area contributed by atoms with Crippen molar-refractivity contribution in [1.82, 2.24) is 15.2 Å². The number of hydrogen-bond acceptors (Lipinski definition) is 6. The van der Waals surface area contributed by atoms with Crippen LogP contribution in [0.2, 0.25) is 0 Å². The van der Waals surface area contributed by atoms with Gasteiger partial charge in [0.1, 0.15) is 11.6 Å². The minimum atomic E-state index is -0.633. The fourth-order valence-corrected chi connectivity index (χ4v) is 4.19. The van der Waals surface area contributed by atoms with Crippen molar-refractivity contribution in [2.45, 2.75) is 77.5 Å². The normalized spacial score (nSPS) is 19.5. The van der Waals surface area contributed by atoms with Crippen LogP contribution < -0.4 is 15.0 Å². The summed E-state index contributed by atoms with van der Waals surface area (Å²) in [6.45, 7) is 7.44. The topological polar surface area (TPSA) is 84.0 Å². The van der Waals surface area contributed by atoms with Crippen LogP contribution in [0, 0.1) is 5.82 Å². The molecule has 0 radical (unpaired) electrons. The van der Waals surface area contributed by atoms with E-state index in [2.05, 4.69) is 10.3 Å². The highest BCUT2D eigenvalue weighted by molar-refractivity contribution is 5.86. The Morgan fingerprint density at radius 1 is 1.16 bits per heavy atom. The summed E-state index contributed by atoms with van der Waals surface area (Å²) < 4.78 is 25.7. The van der Waals surface area contributed by atoms with Crippen LogP contribution in [0.15, 0.2) is 6.07 Å². The Hall–Kier alpha value is -2.58. The number of likely N-dealkylation sites (tertiary alicyclic amines) is 1. The molecule has 1 unspecified atom stereocenters. The summed E-state index contributed by atoms with van der Waals surface area (Å²) in [6.07, 6.45) is 5.08. The number of hydrogen-bond donors (Lipinski definition) is 1. The van der Waals surface area contributed by atoms with Gasteiger partial charge in [-0.3, -0.25) is 9.69 Å².